The molecule has 2 aliphatic rings. The summed E-state index contributed by atoms with van der Waals surface area (Å²) in [6.45, 7) is 0. The van der Waals surface area contributed by atoms with Crippen molar-refractivity contribution >= 4 is 17.5 Å². The third kappa shape index (κ3) is 2.33. The van der Waals surface area contributed by atoms with Gasteiger partial charge in [0.2, 0.25) is 0 Å². The van der Waals surface area contributed by atoms with E-state index in [9.17, 15) is 4.79 Å². The quantitative estimate of drug-likeness (QED) is 0.751. The molecule has 5 heteroatoms. The number of piperidine rings is 1. The Balaban J connectivity index is 1.62. The summed E-state index contributed by atoms with van der Waals surface area (Å²) in [6.07, 6.45) is 6.19. The number of nitrogens with one attached hydrogen (secondary N) is 3. The predicted molar refractivity (Wildman–Crippen MR) is 66.2 cm³/mol. The fourth-order valence-corrected chi connectivity index (χ4v) is 3.10. The lowest BCUT2D eigenvalue weighted by atomic mass is 10.00. The highest BCUT2D eigenvalue weighted by Crippen LogP contribution is 2.26. The Morgan fingerprint density at radius 3 is 2.65 bits per heavy atom. The van der Waals surface area contributed by atoms with Crippen molar-refractivity contribution in [2.75, 3.05) is 0 Å². The third-order valence-corrected chi connectivity index (χ3v) is 3.92. The Labute approximate surface area is 105 Å². The van der Waals surface area contributed by atoms with Crippen LogP contribution in [0.3, 0.4) is 0 Å². The zero-order valence-corrected chi connectivity index (χ0v) is 10.3. The predicted octanol–water partition coefficient (Wildman–Crippen LogP) is 1.68. The van der Waals surface area contributed by atoms with Gasteiger partial charge in [0.15, 0.2) is 0 Å². The zero-order valence-electron chi connectivity index (χ0n) is 9.50. The van der Waals surface area contributed by atoms with Crippen LogP contribution in [0.15, 0.2) is 12.3 Å². The molecule has 0 aliphatic carbocycles. The maximum Gasteiger partial charge on any atom is 0.267 e. The number of hydrogen-bond donors (Lipinski definition) is 3. The topological polar surface area (TPSA) is 56.9 Å². The molecule has 0 saturated carbocycles. The molecule has 2 unspecified atom stereocenters. The highest BCUT2D eigenvalue weighted by molar-refractivity contribution is 6.30. The van der Waals surface area contributed by atoms with Gasteiger partial charge in [0.1, 0.15) is 5.69 Å². The summed E-state index contributed by atoms with van der Waals surface area (Å²) < 4.78 is 0. The standard InChI is InChI=1S/C12H16ClN3O/c13-7-3-11(14-6-7)12(17)16-10-4-8-1-2-9(5-10)15-8/h3,6,8-10,14-15H,1-2,4-5H2,(H,16,17). The second-order valence-electron chi connectivity index (χ2n) is 5.01. The van der Waals surface area contributed by atoms with Crippen molar-refractivity contribution in [2.24, 2.45) is 0 Å². The van der Waals surface area contributed by atoms with Gasteiger partial charge < -0.3 is 15.6 Å². The molecule has 0 spiro atoms. The second kappa shape index (κ2) is 4.35. The third-order valence-electron chi connectivity index (χ3n) is 3.70. The Kier molecular flexibility index (Phi) is 2.84. The minimum absolute atomic E-state index is 0.0526. The van der Waals surface area contributed by atoms with Crippen LogP contribution in [-0.4, -0.2) is 29.0 Å². The fourth-order valence-electron chi connectivity index (χ4n) is 2.94. The molecule has 3 N–H and O–H groups in total. The minimum Gasteiger partial charge on any atom is -0.356 e. The van der Waals surface area contributed by atoms with Crippen molar-refractivity contribution in [1.82, 2.24) is 15.6 Å². The Morgan fingerprint density at radius 1 is 1.35 bits per heavy atom. The first-order chi connectivity index (χ1) is 8.20. The lowest BCUT2D eigenvalue weighted by molar-refractivity contribution is 0.0919. The van der Waals surface area contributed by atoms with E-state index in [4.69, 9.17) is 11.6 Å². The fraction of sp³-hybridized carbons (Fsp3) is 0.583. The van der Waals surface area contributed by atoms with Crippen molar-refractivity contribution in [3.05, 3.63) is 23.0 Å². The normalized spacial score (nSPS) is 31.5. The van der Waals surface area contributed by atoms with Crippen molar-refractivity contribution < 1.29 is 4.79 Å². The first kappa shape index (κ1) is 11.1. The smallest absolute Gasteiger partial charge is 0.267 e. The van der Waals surface area contributed by atoms with Gasteiger partial charge in [0, 0.05) is 24.3 Å². The average molecular weight is 254 g/mol. The largest absolute Gasteiger partial charge is 0.356 e. The summed E-state index contributed by atoms with van der Waals surface area (Å²) in [6, 6.07) is 3.13. The van der Waals surface area contributed by atoms with Gasteiger partial charge in [-0.1, -0.05) is 11.6 Å². The molecule has 3 heterocycles. The number of hydrogen-bond acceptors (Lipinski definition) is 2. The van der Waals surface area contributed by atoms with Gasteiger partial charge in [0.25, 0.3) is 5.91 Å². The van der Waals surface area contributed by atoms with E-state index in [1.807, 2.05) is 0 Å². The maximum atomic E-state index is 11.9. The SMILES string of the molecule is O=C(NC1CC2CCC(C1)N2)c1cc(Cl)c[nH]1. The first-order valence-corrected chi connectivity index (χ1v) is 6.49. The number of amides is 1. The van der Waals surface area contributed by atoms with Gasteiger partial charge in [-0.15, -0.1) is 0 Å². The summed E-state index contributed by atoms with van der Waals surface area (Å²) in [5, 5.41) is 7.21. The molecule has 2 atom stereocenters. The van der Waals surface area contributed by atoms with Crippen LogP contribution >= 0.6 is 11.6 Å². The van der Waals surface area contributed by atoms with Crippen molar-refractivity contribution in [1.29, 1.82) is 0 Å². The van der Waals surface area contributed by atoms with Crippen LogP contribution in [0.5, 0.6) is 0 Å². The average Bonchev–Trinajstić information content (AvgIpc) is 2.85. The summed E-state index contributed by atoms with van der Waals surface area (Å²) in [5.74, 6) is -0.0526. The zero-order chi connectivity index (χ0) is 11.8. The molecule has 17 heavy (non-hydrogen) atoms. The van der Waals surface area contributed by atoms with Crippen molar-refractivity contribution in [3.8, 4) is 0 Å². The van der Waals surface area contributed by atoms with Crippen molar-refractivity contribution in [3.63, 3.8) is 0 Å². The monoisotopic (exact) mass is 253 g/mol. The van der Waals surface area contributed by atoms with E-state index in [0.717, 1.165) is 12.8 Å². The van der Waals surface area contributed by atoms with Crippen LogP contribution in [-0.2, 0) is 0 Å². The molecule has 1 aromatic rings. The number of carbonyl (C=O) groups is 1. The number of rotatable bonds is 2. The van der Waals surface area contributed by atoms with Crippen LogP contribution < -0.4 is 10.6 Å². The summed E-state index contributed by atoms with van der Waals surface area (Å²) in [7, 11) is 0. The van der Waals surface area contributed by atoms with E-state index in [1.54, 1.807) is 12.3 Å². The molecular weight excluding hydrogens is 238 g/mol. The lowest BCUT2D eigenvalue weighted by Gasteiger charge is -2.29. The Bertz CT molecular complexity index is 419. The molecule has 2 saturated heterocycles. The van der Waals surface area contributed by atoms with E-state index in [1.165, 1.54) is 12.8 Å². The maximum absolute atomic E-state index is 11.9. The summed E-state index contributed by atoms with van der Waals surface area (Å²) in [5.41, 5.74) is 0.542. The number of carbonyl (C=O) groups excluding carboxylic acids is 1. The van der Waals surface area contributed by atoms with E-state index in [-0.39, 0.29) is 5.91 Å². The highest BCUT2D eigenvalue weighted by atomic mass is 35.5. The van der Waals surface area contributed by atoms with Crippen LogP contribution in [0, 0.1) is 0 Å². The van der Waals surface area contributed by atoms with Gasteiger partial charge in [0.05, 0.1) is 5.02 Å². The molecule has 92 valence electrons. The molecule has 0 aromatic carbocycles. The van der Waals surface area contributed by atoms with Gasteiger partial charge in [-0.05, 0) is 31.7 Å². The van der Waals surface area contributed by atoms with E-state index < -0.39 is 0 Å². The Hall–Kier alpha value is -1.00. The lowest BCUT2D eigenvalue weighted by Crippen LogP contribution is -2.48. The Morgan fingerprint density at radius 2 is 2.06 bits per heavy atom. The molecule has 1 amide bonds. The molecule has 2 aliphatic heterocycles. The van der Waals surface area contributed by atoms with E-state index in [2.05, 4.69) is 15.6 Å². The molecule has 4 nitrogen and oxygen atoms in total. The van der Waals surface area contributed by atoms with Crippen molar-refractivity contribution in [2.45, 2.75) is 43.8 Å². The number of aromatic amines is 1. The van der Waals surface area contributed by atoms with Gasteiger partial charge in [-0.2, -0.15) is 0 Å². The van der Waals surface area contributed by atoms with Gasteiger partial charge in [-0.25, -0.2) is 0 Å². The van der Waals surface area contributed by atoms with Crippen LogP contribution in [0.4, 0.5) is 0 Å². The van der Waals surface area contributed by atoms with Crippen LogP contribution in [0.2, 0.25) is 5.02 Å². The summed E-state index contributed by atoms with van der Waals surface area (Å²) >= 11 is 5.78. The number of fused-ring (bicyclic) bond motifs is 2. The number of halogens is 1. The van der Waals surface area contributed by atoms with E-state index >= 15 is 0 Å². The molecule has 3 rings (SSSR count). The van der Waals surface area contributed by atoms with Gasteiger partial charge in [-0.3, -0.25) is 4.79 Å². The number of H-pyrrole nitrogens is 1. The number of aromatic nitrogens is 1. The minimum atomic E-state index is -0.0526. The molecule has 1 aromatic heterocycles. The van der Waals surface area contributed by atoms with E-state index in [0.29, 0.717) is 28.8 Å². The van der Waals surface area contributed by atoms with Crippen LogP contribution in [0.1, 0.15) is 36.2 Å². The van der Waals surface area contributed by atoms with Gasteiger partial charge >= 0.3 is 0 Å². The summed E-state index contributed by atoms with van der Waals surface area (Å²) in [4.78, 5) is 14.8. The molecule has 2 bridgehead atoms. The molecule has 0 radical (unpaired) electrons. The first-order valence-electron chi connectivity index (χ1n) is 6.11. The highest BCUT2D eigenvalue weighted by Gasteiger charge is 2.34. The molecule has 2 fully saturated rings. The second-order valence-corrected chi connectivity index (χ2v) is 5.45. The van der Waals surface area contributed by atoms with Crippen LogP contribution in [0.25, 0.3) is 0 Å². The molecular formula is C12H16ClN3O.